The van der Waals surface area contributed by atoms with Gasteiger partial charge >= 0.3 is 6.03 Å². The highest BCUT2D eigenvalue weighted by atomic mass is 16.5. The summed E-state index contributed by atoms with van der Waals surface area (Å²) in [6.45, 7) is 1.89. The van der Waals surface area contributed by atoms with Gasteiger partial charge in [-0.25, -0.2) is 4.79 Å². The van der Waals surface area contributed by atoms with Gasteiger partial charge in [-0.2, -0.15) is 0 Å². The molecule has 29 heavy (non-hydrogen) atoms. The number of ether oxygens (including phenoxy) is 2. The van der Waals surface area contributed by atoms with Gasteiger partial charge in [-0.05, 0) is 68.2 Å². The SMILES string of the molecule is COc1cccc(C(CNC(=O)Nc2cccc(COCC3CC3)c2)N(C)C)c1. The smallest absolute Gasteiger partial charge is 0.319 e. The van der Waals surface area contributed by atoms with Crippen molar-refractivity contribution in [2.24, 2.45) is 5.92 Å². The topological polar surface area (TPSA) is 62.8 Å². The minimum Gasteiger partial charge on any atom is -0.497 e. The van der Waals surface area contributed by atoms with Crippen molar-refractivity contribution in [3.63, 3.8) is 0 Å². The van der Waals surface area contributed by atoms with E-state index in [1.54, 1.807) is 7.11 Å². The van der Waals surface area contributed by atoms with Crippen molar-refractivity contribution in [2.45, 2.75) is 25.5 Å². The van der Waals surface area contributed by atoms with Gasteiger partial charge in [0.1, 0.15) is 5.75 Å². The maximum absolute atomic E-state index is 12.4. The molecule has 3 rings (SSSR count). The lowest BCUT2D eigenvalue weighted by molar-refractivity contribution is 0.111. The van der Waals surface area contributed by atoms with E-state index in [-0.39, 0.29) is 12.1 Å². The monoisotopic (exact) mass is 397 g/mol. The molecule has 0 radical (unpaired) electrons. The average molecular weight is 398 g/mol. The largest absolute Gasteiger partial charge is 0.497 e. The normalized spacial score (nSPS) is 14.5. The van der Waals surface area contributed by atoms with Crippen LogP contribution in [0.4, 0.5) is 10.5 Å². The Labute approximate surface area is 173 Å². The molecule has 1 aliphatic carbocycles. The van der Waals surface area contributed by atoms with E-state index >= 15 is 0 Å². The van der Waals surface area contributed by atoms with E-state index in [1.807, 2.05) is 62.6 Å². The van der Waals surface area contributed by atoms with Crippen LogP contribution in [0.3, 0.4) is 0 Å². The third-order valence-electron chi connectivity index (χ3n) is 5.06. The van der Waals surface area contributed by atoms with Gasteiger partial charge in [0, 0.05) is 18.8 Å². The zero-order chi connectivity index (χ0) is 20.6. The van der Waals surface area contributed by atoms with Gasteiger partial charge < -0.3 is 25.0 Å². The van der Waals surface area contributed by atoms with E-state index in [1.165, 1.54) is 12.8 Å². The van der Waals surface area contributed by atoms with Crippen LogP contribution >= 0.6 is 0 Å². The number of urea groups is 1. The highest BCUT2D eigenvalue weighted by Crippen LogP contribution is 2.29. The molecule has 2 amide bonds. The van der Waals surface area contributed by atoms with E-state index in [9.17, 15) is 4.79 Å². The maximum atomic E-state index is 12.4. The van der Waals surface area contributed by atoms with Gasteiger partial charge in [0.2, 0.25) is 0 Å². The zero-order valence-electron chi connectivity index (χ0n) is 17.5. The summed E-state index contributed by atoms with van der Waals surface area (Å²) in [5, 5.41) is 5.88. The number of benzene rings is 2. The Bertz CT molecular complexity index is 805. The lowest BCUT2D eigenvalue weighted by Gasteiger charge is -2.25. The number of amides is 2. The van der Waals surface area contributed by atoms with Gasteiger partial charge in [0.25, 0.3) is 0 Å². The molecule has 1 aliphatic rings. The summed E-state index contributed by atoms with van der Waals surface area (Å²) >= 11 is 0. The molecular weight excluding hydrogens is 366 g/mol. The summed E-state index contributed by atoms with van der Waals surface area (Å²) in [7, 11) is 5.64. The van der Waals surface area contributed by atoms with Crippen molar-refractivity contribution in [2.75, 3.05) is 39.7 Å². The number of carbonyl (C=O) groups excluding carboxylic acids is 1. The number of likely N-dealkylation sites (N-methyl/N-ethyl adjacent to an activating group) is 1. The minimum atomic E-state index is -0.226. The van der Waals surface area contributed by atoms with E-state index < -0.39 is 0 Å². The van der Waals surface area contributed by atoms with Crippen molar-refractivity contribution in [3.05, 3.63) is 59.7 Å². The molecule has 2 aromatic rings. The summed E-state index contributed by atoms with van der Waals surface area (Å²) < 4.78 is 11.0. The number of carbonyl (C=O) groups is 1. The summed E-state index contributed by atoms with van der Waals surface area (Å²) in [5.41, 5.74) is 2.91. The quantitative estimate of drug-likeness (QED) is 0.635. The number of methoxy groups -OCH3 is 1. The van der Waals surface area contributed by atoms with Crippen LogP contribution in [0, 0.1) is 5.92 Å². The second-order valence-corrected chi connectivity index (χ2v) is 7.75. The first kappa shape index (κ1) is 21.1. The fraction of sp³-hybridized carbons (Fsp3) is 0.435. The lowest BCUT2D eigenvalue weighted by atomic mass is 10.1. The maximum Gasteiger partial charge on any atom is 0.319 e. The molecule has 1 fully saturated rings. The molecule has 6 nitrogen and oxygen atoms in total. The van der Waals surface area contributed by atoms with Crippen LogP contribution in [0.15, 0.2) is 48.5 Å². The molecule has 6 heteroatoms. The fourth-order valence-electron chi connectivity index (χ4n) is 3.18. The van der Waals surface area contributed by atoms with E-state index in [0.717, 1.165) is 35.1 Å². The van der Waals surface area contributed by atoms with Crippen LogP contribution in [0.2, 0.25) is 0 Å². The van der Waals surface area contributed by atoms with Crippen LogP contribution < -0.4 is 15.4 Å². The predicted octanol–water partition coefficient (Wildman–Crippen LogP) is 4.05. The summed E-state index contributed by atoms with van der Waals surface area (Å²) in [6, 6.07) is 15.5. The van der Waals surface area contributed by atoms with Gasteiger partial charge in [0.05, 0.1) is 19.8 Å². The number of nitrogens with one attached hydrogen (secondary N) is 2. The first-order valence-corrected chi connectivity index (χ1v) is 10.1. The molecule has 156 valence electrons. The third-order valence-corrected chi connectivity index (χ3v) is 5.06. The average Bonchev–Trinajstić information content (AvgIpc) is 3.53. The van der Waals surface area contributed by atoms with E-state index in [4.69, 9.17) is 9.47 Å². The Balaban J connectivity index is 1.52. The number of rotatable bonds is 10. The van der Waals surface area contributed by atoms with Crippen LogP contribution in [0.1, 0.15) is 30.0 Å². The number of nitrogens with zero attached hydrogens (tertiary/aromatic N) is 1. The molecule has 0 bridgehead atoms. The van der Waals surface area contributed by atoms with E-state index in [2.05, 4.69) is 15.5 Å². The lowest BCUT2D eigenvalue weighted by Crippen LogP contribution is -2.36. The molecule has 0 heterocycles. The molecule has 0 saturated heterocycles. The van der Waals surface area contributed by atoms with Crippen LogP contribution in [-0.4, -0.2) is 45.3 Å². The minimum absolute atomic E-state index is 0.0398. The molecule has 0 aliphatic heterocycles. The van der Waals surface area contributed by atoms with Crippen molar-refractivity contribution in [1.29, 1.82) is 0 Å². The molecule has 2 N–H and O–H groups in total. The molecule has 1 atom stereocenters. The highest BCUT2D eigenvalue weighted by Gasteiger charge is 2.21. The van der Waals surface area contributed by atoms with E-state index in [0.29, 0.717) is 13.2 Å². The van der Waals surface area contributed by atoms with Gasteiger partial charge in [0.15, 0.2) is 0 Å². The highest BCUT2D eigenvalue weighted by molar-refractivity contribution is 5.89. The van der Waals surface area contributed by atoms with Crippen molar-refractivity contribution >= 4 is 11.7 Å². The molecule has 2 aromatic carbocycles. The van der Waals surface area contributed by atoms with Crippen LogP contribution in [0.5, 0.6) is 5.75 Å². The second-order valence-electron chi connectivity index (χ2n) is 7.75. The first-order chi connectivity index (χ1) is 14.0. The molecule has 1 saturated carbocycles. The summed E-state index contributed by atoms with van der Waals surface area (Å²) in [5.74, 6) is 1.55. The molecule has 1 unspecified atom stereocenters. The van der Waals surface area contributed by atoms with Crippen LogP contribution in [0.25, 0.3) is 0 Å². The van der Waals surface area contributed by atoms with Crippen molar-refractivity contribution in [3.8, 4) is 5.75 Å². The Morgan fingerprint density at radius 1 is 1.17 bits per heavy atom. The standard InChI is InChI=1S/C23H31N3O3/c1-26(2)22(19-7-5-9-21(13-19)28-3)14-24-23(27)25-20-8-4-6-18(12-20)16-29-15-17-10-11-17/h4-9,12-13,17,22H,10-11,14-16H2,1-3H3,(H2,24,25,27). The summed E-state index contributed by atoms with van der Waals surface area (Å²) in [6.07, 6.45) is 2.57. The van der Waals surface area contributed by atoms with Crippen molar-refractivity contribution in [1.82, 2.24) is 10.2 Å². The Morgan fingerprint density at radius 3 is 2.69 bits per heavy atom. The Morgan fingerprint density at radius 2 is 1.97 bits per heavy atom. The van der Waals surface area contributed by atoms with Gasteiger partial charge in [-0.3, -0.25) is 0 Å². The first-order valence-electron chi connectivity index (χ1n) is 10.1. The second kappa shape index (κ2) is 10.3. The van der Waals surface area contributed by atoms with Crippen LogP contribution in [-0.2, 0) is 11.3 Å². The summed E-state index contributed by atoms with van der Waals surface area (Å²) in [4.78, 5) is 14.5. The van der Waals surface area contributed by atoms with Gasteiger partial charge in [-0.1, -0.05) is 24.3 Å². The fourth-order valence-corrected chi connectivity index (χ4v) is 3.18. The number of hydrogen-bond acceptors (Lipinski definition) is 4. The number of hydrogen-bond donors (Lipinski definition) is 2. The Hall–Kier alpha value is -2.57. The Kier molecular flexibility index (Phi) is 7.49. The molecular formula is C23H31N3O3. The predicted molar refractivity (Wildman–Crippen MR) is 115 cm³/mol. The molecule has 0 spiro atoms. The third kappa shape index (κ3) is 6.76. The van der Waals surface area contributed by atoms with Crippen molar-refractivity contribution < 1.29 is 14.3 Å². The molecule has 0 aromatic heterocycles. The number of anilines is 1. The zero-order valence-corrected chi connectivity index (χ0v) is 17.5. The van der Waals surface area contributed by atoms with Gasteiger partial charge in [-0.15, -0.1) is 0 Å².